The Hall–Kier alpha value is -2.49. The molecule has 1 fully saturated rings. The molecule has 0 unspecified atom stereocenters. The number of carbonyl (C=O) groups is 1. The van der Waals surface area contributed by atoms with Crippen LogP contribution in [0.15, 0.2) is 41.3 Å². The van der Waals surface area contributed by atoms with E-state index in [1.807, 2.05) is 32.0 Å². The van der Waals surface area contributed by atoms with Crippen LogP contribution in [0.25, 0.3) is 10.2 Å². The van der Waals surface area contributed by atoms with Crippen molar-refractivity contribution in [2.75, 3.05) is 19.0 Å². The highest BCUT2D eigenvalue weighted by Crippen LogP contribution is 2.32. The number of aromatic nitrogens is 1. The number of carbonyl (C=O) groups excluding carboxylic acids is 1. The Morgan fingerprint density at radius 3 is 2.77 bits per heavy atom. The van der Waals surface area contributed by atoms with Crippen molar-refractivity contribution in [3.8, 4) is 5.75 Å². The molecule has 2 aromatic carbocycles. The summed E-state index contributed by atoms with van der Waals surface area (Å²) in [4.78, 5) is 17.3. The number of amides is 1. The lowest BCUT2D eigenvalue weighted by Gasteiger charge is -2.32. The number of hydrogen-bond acceptors (Lipinski definition) is 6. The van der Waals surface area contributed by atoms with Gasteiger partial charge in [0.05, 0.1) is 17.3 Å². The first-order chi connectivity index (χ1) is 14.8. The third kappa shape index (κ3) is 4.30. The zero-order valence-corrected chi connectivity index (χ0v) is 19.3. The van der Waals surface area contributed by atoms with Gasteiger partial charge in [-0.25, -0.2) is 13.4 Å². The number of benzene rings is 2. The van der Waals surface area contributed by atoms with Gasteiger partial charge in [0.25, 0.3) is 5.91 Å². The number of ether oxygens (including phenoxy) is 1. The van der Waals surface area contributed by atoms with E-state index in [0.29, 0.717) is 11.7 Å². The minimum absolute atomic E-state index is 0.0105. The molecule has 1 amide bonds. The molecular formula is C22H25N3O4S2. The molecule has 31 heavy (non-hydrogen) atoms. The van der Waals surface area contributed by atoms with Gasteiger partial charge in [-0.2, -0.15) is 4.31 Å². The van der Waals surface area contributed by atoms with Crippen molar-refractivity contribution < 1.29 is 17.9 Å². The van der Waals surface area contributed by atoms with E-state index in [-0.39, 0.29) is 22.3 Å². The van der Waals surface area contributed by atoms with Gasteiger partial charge in [-0.3, -0.25) is 10.1 Å². The van der Waals surface area contributed by atoms with Gasteiger partial charge in [0.15, 0.2) is 5.13 Å². The van der Waals surface area contributed by atoms with Crippen molar-refractivity contribution in [1.82, 2.24) is 9.29 Å². The van der Waals surface area contributed by atoms with Crippen LogP contribution in [0.5, 0.6) is 5.75 Å². The van der Waals surface area contributed by atoms with E-state index in [9.17, 15) is 13.2 Å². The molecule has 1 aliphatic heterocycles. The van der Waals surface area contributed by atoms with Crippen molar-refractivity contribution in [2.24, 2.45) is 0 Å². The molecule has 0 spiro atoms. The fraction of sp³-hybridized carbons (Fsp3) is 0.364. The maximum absolute atomic E-state index is 13.4. The predicted octanol–water partition coefficient (Wildman–Crippen LogP) is 4.43. The number of rotatable bonds is 5. The summed E-state index contributed by atoms with van der Waals surface area (Å²) in [7, 11) is -2.37. The van der Waals surface area contributed by atoms with Gasteiger partial charge in [-0.05, 0) is 62.6 Å². The first-order valence-electron chi connectivity index (χ1n) is 10.2. The average molecular weight is 460 g/mol. The zero-order chi connectivity index (χ0) is 22.2. The van der Waals surface area contributed by atoms with E-state index in [1.54, 1.807) is 6.07 Å². The average Bonchev–Trinajstić information content (AvgIpc) is 3.14. The molecule has 1 N–H and O–H groups in total. The van der Waals surface area contributed by atoms with Gasteiger partial charge in [0.2, 0.25) is 10.0 Å². The minimum atomic E-state index is -3.79. The maximum Gasteiger partial charge on any atom is 0.257 e. The smallest absolute Gasteiger partial charge is 0.257 e. The maximum atomic E-state index is 13.4. The number of aryl methyl sites for hydroxylation is 1. The van der Waals surface area contributed by atoms with Crippen molar-refractivity contribution in [3.05, 3.63) is 47.5 Å². The highest BCUT2D eigenvalue weighted by Gasteiger charge is 2.33. The molecule has 3 aromatic rings. The Bertz CT molecular complexity index is 1240. The molecule has 2 heterocycles. The fourth-order valence-electron chi connectivity index (χ4n) is 3.83. The summed E-state index contributed by atoms with van der Waals surface area (Å²) in [6.07, 6.45) is 2.65. The molecule has 1 aliphatic rings. The van der Waals surface area contributed by atoms with E-state index >= 15 is 0 Å². The second-order valence-corrected chi connectivity index (χ2v) is 10.7. The number of piperidine rings is 1. The molecule has 9 heteroatoms. The van der Waals surface area contributed by atoms with E-state index in [2.05, 4.69) is 10.3 Å². The Kier molecular flexibility index (Phi) is 6.00. The SMILES string of the molecule is COc1ccc(C(=O)Nc2nc3ccc(C)cc3s2)cc1S(=O)(=O)N1CCCC[C@@H]1C. The molecule has 4 rings (SSSR count). The van der Waals surface area contributed by atoms with Crippen LogP contribution in [0.4, 0.5) is 5.13 Å². The van der Waals surface area contributed by atoms with Crippen LogP contribution in [0.2, 0.25) is 0 Å². The molecule has 7 nitrogen and oxygen atoms in total. The monoisotopic (exact) mass is 459 g/mol. The highest BCUT2D eigenvalue weighted by atomic mass is 32.2. The van der Waals surface area contributed by atoms with Gasteiger partial charge >= 0.3 is 0 Å². The lowest BCUT2D eigenvalue weighted by Crippen LogP contribution is -2.42. The summed E-state index contributed by atoms with van der Waals surface area (Å²) < 4.78 is 34.5. The zero-order valence-electron chi connectivity index (χ0n) is 17.7. The topological polar surface area (TPSA) is 88.6 Å². The van der Waals surface area contributed by atoms with Crippen LogP contribution in [-0.4, -0.2) is 43.3 Å². The summed E-state index contributed by atoms with van der Waals surface area (Å²) in [6, 6.07) is 10.3. The van der Waals surface area contributed by atoms with Gasteiger partial charge in [-0.1, -0.05) is 23.8 Å². The number of anilines is 1. The second kappa shape index (κ2) is 8.57. The van der Waals surface area contributed by atoms with Gasteiger partial charge in [-0.15, -0.1) is 0 Å². The molecule has 0 bridgehead atoms. The van der Waals surface area contributed by atoms with E-state index in [1.165, 1.54) is 34.9 Å². The van der Waals surface area contributed by atoms with E-state index < -0.39 is 15.9 Å². The Morgan fingerprint density at radius 2 is 2.03 bits per heavy atom. The van der Waals surface area contributed by atoms with Crippen molar-refractivity contribution >= 4 is 42.6 Å². The number of fused-ring (bicyclic) bond motifs is 1. The number of thiazole rings is 1. The summed E-state index contributed by atoms with van der Waals surface area (Å²) >= 11 is 1.38. The standard InChI is InChI=1S/C22H25N3O4S2/c1-14-7-9-17-19(12-14)30-22(23-17)24-21(26)16-8-10-18(29-3)20(13-16)31(27,28)25-11-5-4-6-15(25)2/h7-10,12-13,15H,4-6,11H2,1-3H3,(H,23,24,26)/t15-/m0/s1. The molecule has 0 saturated carbocycles. The molecule has 0 radical (unpaired) electrons. The minimum Gasteiger partial charge on any atom is -0.495 e. The summed E-state index contributed by atoms with van der Waals surface area (Å²) in [6.45, 7) is 4.38. The predicted molar refractivity (Wildman–Crippen MR) is 123 cm³/mol. The number of hydrogen-bond donors (Lipinski definition) is 1. The quantitative estimate of drug-likeness (QED) is 0.610. The number of methoxy groups -OCH3 is 1. The molecule has 1 atom stereocenters. The summed E-state index contributed by atoms with van der Waals surface area (Å²) in [5.74, 6) is -0.189. The van der Waals surface area contributed by atoms with Crippen LogP contribution in [0.1, 0.15) is 42.1 Å². The van der Waals surface area contributed by atoms with Crippen LogP contribution < -0.4 is 10.1 Å². The third-order valence-electron chi connectivity index (χ3n) is 5.52. The normalized spacial score (nSPS) is 17.6. The lowest BCUT2D eigenvalue weighted by molar-refractivity contribution is 0.102. The fourth-order valence-corrected chi connectivity index (χ4v) is 6.67. The van der Waals surface area contributed by atoms with Crippen molar-refractivity contribution in [3.63, 3.8) is 0 Å². The molecular weight excluding hydrogens is 434 g/mol. The van der Waals surface area contributed by atoms with Crippen molar-refractivity contribution in [2.45, 2.75) is 44.0 Å². The third-order valence-corrected chi connectivity index (χ3v) is 8.49. The largest absolute Gasteiger partial charge is 0.495 e. The molecule has 1 saturated heterocycles. The Morgan fingerprint density at radius 1 is 1.23 bits per heavy atom. The number of sulfonamides is 1. The van der Waals surface area contributed by atoms with Crippen LogP contribution in [0.3, 0.4) is 0 Å². The van der Waals surface area contributed by atoms with Crippen molar-refractivity contribution in [1.29, 1.82) is 0 Å². The van der Waals surface area contributed by atoms with Gasteiger partial charge < -0.3 is 4.74 Å². The van der Waals surface area contributed by atoms with E-state index in [4.69, 9.17) is 4.74 Å². The van der Waals surface area contributed by atoms with E-state index in [0.717, 1.165) is 35.0 Å². The second-order valence-electron chi connectivity index (χ2n) is 7.77. The molecule has 164 valence electrons. The first-order valence-corrected chi connectivity index (χ1v) is 12.4. The molecule has 0 aliphatic carbocycles. The lowest BCUT2D eigenvalue weighted by atomic mass is 10.1. The van der Waals surface area contributed by atoms with Crippen LogP contribution in [-0.2, 0) is 10.0 Å². The highest BCUT2D eigenvalue weighted by molar-refractivity contribution is 7.89. The number of nitrogens with one attached hydrogen (secondary N) is 1. The van der Waals surface area contributed by atoms with Crippen LogP contribution >= 0.6 is 11.3 Å². The van der Waals surface area contributed by atoms with Gasteiger partial charge in [0.1, 0.15) is 10.6 Å². The molecule has 1 aromatic heterocycles. The first kappa shape index (κ1) is 21.7. The van der Waals surface area contributed by atoms with Gasteiger partial charge in [0, 0.05) is 18.2 Å². The Labute approximate surface area is 186 Å². The number of nitrogens with zero attached hydrogens (tertiary/aromatic N) is 2. The Balaban J connectivity index is 1.65. The summed E-state index contributed by atoms with van der Waals surface area (Å²) in [5.41, 5.74) is 2.16. The summed E-state index contributed by atoms with van der Waals surface area (Å²) in [5, 5.41) is 3.26. The van der Waals surface area contributed by atoms with Crippen LogP contribution in [0, 0.1) is 6.92 Å².